The molecule has 0 saturated heterocycles. The minimum absolute atomic E-state index is 0.154. The molecule has 1 aromatic rings. The van der Waals surface area contributed by atoms with E-state index in [0.717, 1.165) is 17.1 Å². The fourth-order valence-corrected chi connectivity index (χ4v) is 2.88. The van der Waals surface area contributed by atoms with Crippen molar-refractivity contribution in [1.82, 2.24) is 0 Å². The third kappa shape index (κ3) is 5.03. The smallest absolute Gasteiger partial charge is 0.250 e. The van der Waals surface area contributed by atoms with Crippen LogP contribution in [-0.4, -0.2) is 13.4 Å². The normalized spacial score (nSPS) is 12.3. The Kier molecular flexibility index (Phi) is 5.27. The van der Waals surface area contributed by atoms with E-state index in [1.165, 1.54) is 11.8 Å². The van der Waals surface area contributed by atoms with Gasteiger partial charge in [-0.1, -0.05) is 44.7 Å². The Bertz CT molecular complexity index is 432. The van der Waals surface area contributed by atoms with E-state index in [1.807, 2.05) is 24.3 Å². The quantitative estimate of drug-likeness (QED) is 0.743. The Morgan fingerprint density at radius 3 is 2.16 bits per heavy atom. The lowest BCUT2D eigenvalue weighted by molar-refractivity contribution is -0.109. The molecular weight excluding hydrogens is 272 g/mol. The van der Waals surface area contributed by atoms with Gasteiger partial charge in [-0.3, -0.25) is 4.79 Å². The Balaban J connectivity index is 2.69. The molecular formula is C15H24O2SSi. The lowest BCUT2D eigenvalue weighted by Crippen LogP contribution is -2.43. The summed E-state index contributed by atoms with van der Waals surface area (Å²) in [5, 5.41) is 0.359. The van der Waals surface area contributed by atoms with Gasteiger partial charge in [0.25, 0.3) is 0 Å². The van der Waals surface area contributed by atoms with Gasteiger partial charge in [-0.25, -0.2) is 0 Å². The molecule has 2 nitrogen and oxygen atoms in total. The molecule has 0 amide bonds. The molecule has 0 spiro atoms. The number of benzene rings is 1. The molecule has 0 N–H and O–H groups in total. The van der Waals surface area contributed by atoms with Crippen molar-refractivity contribution >= 4 is 25.2 Å². The Morgan fingerprint density at radius 1 is 1.21 bits per heavy atom. The predicted octanol–water partition coefficient (Wildman–Crippen LogP) is 4.85. The van der Waals surface area contributed by atoms with Crippen molar-refractivity contribution < 1.29 is 9.22 Å². The van der Waals surface area contributed by atoms with E-state index in [0.29, 0.717) is 0 Å². The number of thioether (sulfide) groups is 1. The molecule has 1 rings (SSSR count). The highest BCUT2D eigenvalue weighted by molar-refractivity contribution is 8.12. The Hall–Kier alpha value is -0.743. The van der Waals surface area contributed by atoms with Crippen LogP contribution >= 0.6 is 11.8 Å². The summed E-state index contributed by atoms with van der Waals surface area (Å²) in [6.07, 6.45) is 0. The van der Waals surface area contributed by atoms with Crippen molar-refractivity contribution in [1.29, 1.82) is 0 Å². The van der Waals surface area contributed by atoms with E-state index in [2.05, 4.69) is 33.9 Å². The third-order valence-electron chi connectivity index (χ3n) is 3.54. The highest BCUT2D eigenvalue weighted by Crippen LogP contribution is 2.37. The summed E-state index contributed by atoms with van der Waals surface area (Å²) in [5.41, 5.74) is 1.16. The molecule has 0 fully saturated rings. The summed E-state index contributed by atoms with van der Waals surface area (Å²) >= 11 is 1.34. The minimum Gasteiger partial charge on any atom is -0.544 e. The van der Waals surface area contributed by atoms with Crippen LogP contribution in [0.25, 0.3) is 0 Å². The molecule has 0 atom stereocenters. The number of hydrogen-bond donors (Lipinski definition) is 0. The number of hydrogen-bond acceptors (Lipinski definition) is 3. The molecule has 0 unspecified atom stereocenters. The molecule has 19 heavy (non-hydrogen) atoms. The highest BCUT2D eigenvalue weighted by atomic mass is 32.2. The molecule has 0 aromatic heterocycles. The maximum atomic E-state index is 10.9. The van der Waals surface area contributed by atoms with E-state index in [-0.39, 0.29) is 10.2 Å². The maximum absolute atomic E-state index is 10.9. The summed E-state index contributed by atoms with van der Waals surface area (Å²) in [6, 6.07) is 8.10. The lowest BCUT2D eigenvalue weighted by Gasteiger charge is -2.36. The molecule has 0 aliphatic heterocycles. The fraction of sp³-hybridized carbons (Fsp3) is 0.533. The number of carbonyl (C=O) groups excluding carboxylic acids is 1. The van der Waals surface area contributed by atoms with Crippen LogP contribution in [0.4, 0.5) is 0 Å². The topological polar surface area (TPSA) is 26.3 Å². The van der Waals surface area contributed by atoms with Crippen LogP contribution in [0.2, 0.25) is 18.1 Å². The fourth-order valence-electron chi connectivity index (χ4n) is 1.29. The molecule has 1 aromatic carbocycles. The zero-order chi connectivity index (χ0) is 14.7. The van der Waals surface area contributed by atoms with Gasteiger partial charge in [-0.05, 0) is 35.8 Å². The predicted molar refractivity (Wildman–Crippen MR) is 86.2 cm³/mol. The van der Waals surface area contributed by atoms with Crippen molar-refractivity contribution in [2.45, 2.75) is 51.6 Å². The molecule has 0 saturated carbocycles. The van der Waals surface area contributed by atoms with Gasteiger partial charge >= 0.3 is 0 Å². The van der Waals surface area contributed by atoms with Gasteiger partial charge in [0.1, 0.15) is 5.75 Å². The van der Waals surface area contributed by atoms with Gasteiger partial charge in [0.15, 0.2) is 5.12 Å². The van der Waals surface area contributed by atoms with Crippen LogP contribution < -0.4 is 4.43 Å². The Labute approximate surface area is 122 Å². The van der Waals surface area contributed by atoms with E-state index in [1.54, 1.807) is 6.92 Å². The van der Waals surface area contributed by atoms with Gasteiger partial charge in [0.2, 0.25) is 8.32 Å². The summed E-state index contributed by atoms with van der Waals surface area (Å²) in [7, 11) is -1.76. The second kappa shape index (κ2) is 6.14. The monoisotopic (exact) mass is 296 g/mol. The molecule has 0 heterocycles. The van der Waals surface area contributed by atoms with Crippen LogP contribution in [0.1, 0.15) is 33.3 Å². The summed E-state index contributed by atoms with van der Waals surface area (Å²) in [5.74, 6) is 1.67. The number of carbonyl (C=O) groups is 1. The van der Waals surface area contributed by atoms with Crippen molar-refractivity contribution in [3.8, 4) is 5.75 Å². The van der Waals surface area contributed by atoms with Crippen LogP contribution in [0.3, 0.4) is 0 Å². The molecule has 0 aliphatic carbocycles. The minimum atomic E-state index is -1.76. The third-order valence-corrected chi connectivity index (χ3v) is 8.79. The molecule has 0 bridgehead atoms. The average Bonchev–Trinajstić information content (AvgIpc) is 2.26. The Morgan fingerprint density at radius 2 is 1.74 bits per heavy atom. The second-order valence-corrected chi connectivity index (χ2v) is 12.2. The lowest BCUT2D eigenvalue weighted by atomic mass is 10.2. The van der Waals surface area contributed by atoms with Crippen molar-refractivity contribution in [3.05, 3.63) is 29.8 Å². The maximum Gasteiger partial charge on any atom is 0.250 e. The first-order valence-corrected chi connectivity index (χ1v) is 10.4. The highest BCUT2D eigenvalue weighted by Gasteiger charge is 2.38. The van der Waals surface area contributed by atoms with Crippen LogP contribution in [-0.2, 0) is 10.5 Å². The van der Waals surface area contributed by atoms with E-state index < -0.39 is 8.32 Å². The SMILES string of the molecule is CC(=O)SCc1ccc(O[Si](C)(C)C(C)(C)C)cc1. The van der Waals surface area contributed by atoms with Crippen LogP contribution in [0, 0.1) is 0 Å². The van der Waals surface area contributed by atoms with Gasteiger partial charge in [-0.2, -0.15) is 0 Å². The molecule has 0 radical (unpaired) electrons. The van der Waals surface area contributed by atoms with Gasteiger partial charge in [-0.15, -0.1) is 0 Å². The van der Waals surface area contributed by atoms with E-state index >= 15 is 0 Å². The zero-order valence-electron chi connectivity index (χ0n) is 12.7. The van der Waals surface area contributed by atoms with Crippen LogP contribution in [0.15, 0.2) is 24.3 Å². The first kappa shape index (κ1) is 16.3. The number of rotatable bonds is 4. The summed E-state index contributed by atoms with van der Waals surface area (Å²) < 4.78 is 6.21. The second-order valence-electron chi connectivity index (χ2n) is 6.29. The molecule has 0 aliphatic rings. The van der Waals surface area contributed by atoms with Gasteiger partial charge in [0, 0.05) is 12.7 Å². The zero-order valence-corrected chi connectivity index (χ0v) is 14.6. The summed E-state index contributed by atoms with van der Waals surface area (Å²) in [4.78, 5) is 10.9. The van der Waals surface area contributed by atoms with Crippen LogP contribution in [0.5, 0.6) is 5.75 Å². The van der Waals surface area contributed by atoms with E-state index in [9.17, 15) is 4.79 Å². The van der Waals surface area contributed by atoms with Crippen molar-refractivity contribution in [3.63, 3.8) is 0 Å². The first-order valence-electron chi connectivity index (χ1n) is 6.53. The van der Waals surface area contributed by atoms with E-state index in [4.69, 9.17) is 4.43 Å². The largest absolute Gasteiger partial charge is 0.544 e. The van der Waals surface area contributed by atoms with Crippen molar-refractivity contribution in [2.24, 2.45) is 0 Å². The van der Waals surface area contributed by atoms with Crippen molar-refractivity contribution in [2.75, 3.05) is 0 Å². The van der Waals surface area contributed by atoms with Gasteiger partial charge < -0.3 is 4.43 Å². The first-order chi connectivity index (χ1) is 8.62. The summed E-state index contributed by atoms with van der Waals surface area (Å²) in [6.45, 7) is 12.8. The van der Waals surface area contributed by atoms with Gasteiger partial charge in [0.05, 0.1) is 0 Å². The standard InChI is InChI=1S/C15H24O2SSi/c1-12(16)18-11-13-7-9-14(10-8-13)17-19(5,6)15(2,3)4/h7-10H,11H2,1-6H3. The molecule has 106 valence electrons. The molecule has 4 heteroatoms. The average molecular weight is 297 g/mol.